The summed E-state index contributed by atoms with van der Waals surface area (Å²) in [5.74, 6) is 6.37. The lowest BCUT2D eigenvalue weighted by atomic mass is 9.50. The van der Waals surface area contributed by atoms with Crippen molar-refractivity contribution in [1.29, 1.82) is 0 Å². The lowest BCUT2D eigenvalue weighted by Crippen LogP contribution is -2.47. The van der Waals surface area contributed by atoms with E-state index in [0.717, 1.165) is 48.3 Å². The van der Waals surface area contributed by atoms with Crippen LogP contribution in [0.2, 0.25) is 0 Å². The van der Waals surface area contributed by atoms with Crippen LogP contribution in [0.3, 0.4) is 0 Å². The average Bonchev–Trinajstić information content (AvgIpc) is 2.83. The van der Waals surface area contributed by atoms with Crippen LogP contribution in [0.15, 0.2) is 11.8 Å². The second-order valence-corrected chi connectivity index (χ2v) is 8.80. The van der Waals surface area contributed by atoms with Crippen LogP contribution in [-0.4, -0.2) is 5.11 Å². The molecule has 21 heavy (non-hydrogen) atoms. The normalized spacial score (nSPS) is 52.6. The van der Waals surface area contributed by atoms with Gasteiger partial charge in [-0.15, -0.1) is 0 Å². The number of aliphatic hydroxyl groups is 1. The third kappa shape index (κ3) is 2.02. The van der Waals surface area contributed by atoms with E-state index in [4.69, 9.17) is 0 Å². The van der Waals surface area contributed by atoms with E-state index in [-0.39, 0.29) is 0 Å². The summed E-state index contributed by atoms with van der Waals surface area (Å²) >= 11 is 0. The number of hydrogen-bond acceptors (Lipinski definition) is 1. The SMILES string of the molecule is CCC1CCC2C3CCC4CC(O)=CCC4C3CC[C@]12C. The van der Waals surface area contributed by atoms with Crippen LogP contribution in [-0.2, 0) is 0 Å². The molecule has 6 unspecified atom stereocenters. The molecule has 0 radical (unpaired) electrons. The molecule has 4 aliphatic carbocycles. The Morgan fingerprint density at radius 2 is 1.95 bits per heavy atom. The molecule has 0 aromatic carbocycles. The largest absolute Gasteiger partial charge is 0.513 e. The van der Waals surface area contributed by atoms with Crippen molar-refractivity contribution in [3.8, 4) is 0 Å². The van der Waals surface area contributed by atoms with Gasteiger partial charge in [0.05, 0.1) is 5.76 Å². The molecular formula is C20H32O. The predicted octanol–water partition coefficient (Wildman–Crippen LogP) is 5.72. The third-order valence-corrected chi connectivity index (χ3v) is 8.30. The van der Waals surface area contributed by atoms with Crippen LogP contribution in [0.4, 0.5) is 0 Å². The molecule has 0 heterocycles. The maximum atomic E-state index is 9.86. The van der Waals surface area contributed by atoms with E-state index in [1.54, 1.807) is 0 Å². The minimum Gasteiger partial charge on any atom is -0.513 e. The second-order valence-electron chi connectivity index (χ2n) is 8.80. The molecule has 0 aromatic rings. The first-order valence-electron chi connectivity index (χ1n) is 9.51. The third-order valence-electron chi connectivity index (χ3n) is 8.30. The van der Waals surface area contributed by atoms with E-state index in [0.29, 0.717) is 11.2 Å². The van der Waals surface area contributed by atoms with Gasteiger partial charge in [-0.3, -0.25) is 0 Å². The molecule has 4 aliphatic rings. The average molecular weight is 288 g/mol. The van der Waals surface area contributed by atoms with Gasteiger partial charge >= 0.3 is 0 Å². The van der Waals surface area contributed by atoms with E-state index in [1.165, 1.54) is 44.9 Å². The highest BCUT2D eigenvalue weighted by atomic mass is 16.3. The van der Waals surface area contributed by atoms with Crippen molar-refractivity contribution < 1.29 is 5.11 Å². The van der Waals surface area contributed by atoms with Crippen LogP contribution >= 0.6 is 0 Å². The van der Waals surface area contributed by atoms with Crippen LogP contribution in [0, 0.1) is 40.9 Å². The molecule has 0 aliphatic heterocycles. The highest BCUT2D eigenvalue weighted by molar-refractivity contribution is 5.09. The maximum absolute atomic E-state index is 9.86. The maximum Gasteiger partial charge on any atom is 0.0885 e. The van der Waals surface area contributed by atoms with Crippen molar-refractivity contribution in [2.45, 2.75) is 71.6 Å². The van der Waals surface area contributed by atoms with Crippen molar-refractivity contribution in [2.75, 3.05) is 0 Å². The molecule has 0 bridgehead atoms. The number of allylic oxidation sites excluding steroid dienone is 2. The minimum atomic E-state index is 0.662. The first kappa shape index (κ1) is 14.2. The zero-order valence-electron chi connectivity index (χ0n) is 13.9. The summed E-state index contributed by atoms with van der Waals surface area (Å²) in [6.07, 6.45) is 14.5. The van der Waals surface area contributed by atoms with E-state index in [1.807, 2.05) is 0 Å². The molecule has 0 saturated heterocycles. The number of rotatable bonds is 1. The Labute approximate surface area is 130 Å². The molecule has 118 valence electrons. The zero-order valence-corrected chi connectivity index (χ0v) is 13.9. The van der Waals surface area contributed by atoms with Gasteiger partial charge in [-0.25, -0.2) is 0 Å². The summed E-state index contributed by atoms with van der Waals surface area (Å²) in [5.41, 5.74) is 0.662. The van der Waals surface area contributed by atoms with Crippen molar-refractivity contribution >= 4 is 0 Å². The van der Waals surface area contributed by atoms with Crippen molar-refractivity contribution in [3.05, 3.63) is 11.8 Å². The predicted molar refractivity (Wildman–Crippen MR) is 87.0 cm³/mol. The van der Waals surface area contributed by atoms with E-state index >= 15 is 0 Å². The smallest absolute Gasteiger partial charge is 0.0885 e. The molecule has 4 rings (SSSR count). The Balaban J connectivity index is 1.58. The molecular weight excluding hydrogens is 256 g/mol. The van der Waals surface area contributed by atoms with Gasteiger partial charge in [-0.2, -0.15) is 0 Å². The fourth-order valence-electron chi connectivity index (χ4n) is 7.26. The standard InChI is InChI=1S/C20H32O/c1-3-14-5-9-19-18-7-4-13-12-15(21)6-8-16(13)17(18)10-11-20(14,19)2/h6,13-14,16-19,21H,3-5,7-12H2,1-2H3/t13?,14?,16?,17?,18?,19?,20-/m1/s1. The number of hydrogen-bond donors (Lipinski definition) is 1. The lowest BCUT2D eigenvalue weighted by Gasteiger charge is -2.55. The lowest BCUT2D eigenvalue weighted by molar-refractivity contribution is -0.0551. The van der Waals surface area contributed by atoms with Crippen molar-refractivity contribution in [3.63, 3.8) is 0 Å². The molecule has 1 nitrogen and oxygen atoms in total. The Kier molecular flexibility index (Phi) is 3.39. The Morgan fingerprint density at radius 3 is 2.76 bits per heavy atom. The fraction of sp³-hybridized carbons (Fsp3) is 0.900. The van der Waals surface area contributed by atoms with Gasteiger partial charge in [-0.05, 0) is 91.9 Å². The van der Waals surface area contributed by atoms with Gasteiger partial charge < -0.3 is 5.11 Å². The Bertz CT molecular complexity index is 439. The summed E-state index contributed by atoms with van der Waals surface area (Å²) in [6, 6.07) is 0. The van der Waals surface area contributed by atoms with Gasteiger partial charge in [0.25, 0.3) is 0 Å². The van der Waals surface area contributed by atoms with Crippen LogP contribution in [0.1, 0.15) is 71.6 Å². The second kappa shape index (κ2) is 5.03. The van der Waals surface area contributed by atoms with Crippen LogP contribution in [0.25, 0.3) is 0 Å². The molecule has 1 N–H and O–H groups in total. The van der Waals surface area contributed by atoms with Crippen LogP contribution < -0.4 is 0 Å². The highest BCUT2D eigenvalue weighted by Gasteiger charge is 2.55. The molecule has 0 amide bonds. The first-order chi connectivity index (χ1) is 10.1. The summed E-state index contributed by atoms with van der Waals surface area (Å²) in [5, 5.41) is 9.86. The topological polar surface area (TPSA) is 20.2 Å². The van der Waals surface area contributed by atoms with Gasteiger partial charge in [0.1, 0.15) is 0 Å². The first-order valence-corrected chi connectivity index (χ1v) is 9.51. The number of fused-ring (bicyclic) bond motifs is 5. The minimum absolute atomic E-state index is 0.662. The Hall–Kier alpha value is -0.460. The van der Waals surface area contributed by atoms with Gasteiger partial charge in [0.15, 0.2) is 0 Å². The molecule has 1 heteroatoms. The zero-order chi connectivity index (χ0) is 14.6. The molecule has 3 saturated carbocycles. The van der Waals surface area contributed by atoms with Crippen molar-refractivity contribution in [2.24, 2.45) is 40.9 Å². The summed E-state index contributed by atoms with van der Waals surface area (Å²) < 4.78 is 0. The van der Waals surface area contributed by atoms with E-state index < -0.39 is 0 Å². The van der Waals surface area contributed by atoms with Gasteiger partial charge in [-0.1, -0.05) is 20.3 Å². The molecule has 3 fully saturated rings. The highest BCUT2D eigenvalue weighted by Crippen LogP contribution is 2.64. The monoisotopic (exact) mass is 288 g/mol. The van der Waals surface area contributed by atoms with Gasteiger partial charge in [0, 0.05) is 6.42 Å². The summed E-state index contributed by atoms with van der Waals surface area (Å²) in [7, 11) is 0. The van der Waals surface area contributed by atoms with E-state index in [2.05, 4.69) is 19.9 Å². The van der Waals surface area contributed by atoms with Crippen molar-refractivity contribution in [1.82, 2.24) is 0 Å². The number of aliphatic hydroxyl groups excluding tert-OH is 1. The van der Waals surface area contributed by atoms with E-state index in [9.17, 15) is 5.11 Å². The fourth-order valence-corrected chi connectivity index (χ4v) is 7.26. The molecule has 0 spiro atoms. The summed E-state index contributed by atoms with van der Waals surface area (Å²) in [6.45, 7) is 5.05. The summed E-state index contributed by atoms with van der Waals surface area (Å²) in [4.78, 5) is 0. The van der Waals surface area contributed by atoms with Gasteiger partial charge in [0.2, 0.25) is 0 Å². The molecule has 7 atom stereocenters. The Morgan fingerprint density at radius 1 is 1.10 bits per heavy atom. The van der Waals surface area contributed by atoms with Crippen LogP contribution in [0.5, 0.6) is 0 Å². The quantitative estimate of drug-likeness (QED) is 0.654. The molecule has 0 aromatic heterocycles.